The topological polar surface area (TPSA) is 45.4 Å². The smallest absolute Gasteiger partial charge is 0.147 e. The summed E-state index contributed by atoms with van der Waals surface area (Å²) in [4.78, 5) is 9.41. The Balaban J connectivity index is 2.02. The zero-order valence-electron chi connectivity index (χ0n) is 10.6. The maximum atomic E-state index is 6.22. The van der Waals surface area contributed by atoms with Crippen LogP contribution >= 0.6 is 39.7 Å². The second-order valence-corrected chi connectivity index (χ2v) is 6.35. The Hall–Kier alpha value is -0.430. The second kappa shape index (κ2) is 6.35. The Morgan fingerprint density at radius 3 is 2.63 bits per heavy atom. The number of thiocarbonyl (C=S) groups is 1. The summed E-state index contributed by atoms with van der Waals surface area (Å²) in [5.74, 6) is 0.840. The number of aromatic nitrogens is 1. The standard InChI is InChI=1S/C12H16BrClN4S/c1-8(11(15)19)17-2-4-18(5-3-17)12-10(14)6-9(13)7-16-12/h6-8H,2-5H2,1H3,(H2,15,19). The van der Waals surface area contributed by atoms with E-state index in [1.165, 1.54) is 0 Å². The highest BCUT2D eigenvalue weighted by Crippen LogP contribution is 2.27. The van der Waals surface area contributed by atoms with Gasteiger partial charge in [0.2, 0.25) is 0 Å². The highest BCUT2D eigenvalue weighted by atomic mass is 79.9. The van der Waals surface area contributed by atoms with Gasteiger partial charge in [0.1, 0.15) is 5.82 Å². The molecule has 19 heavy (non-hydrogen) atoms. The molecule has 2 N–H and O–H groups in total. The molecule has 0 radical (unpaired) electrons. The number of piperazine rings is 1. The van der Waals surface area contributed by atoms with Gasteiger partial charge in [-0.25, -0.2) is 4.98 Å². The SMILES string of the molecule is CC(C(N)=S)N1CCN(c2ncc(Br)cc2Cl)CC1. The Labute approximate surface area is 132 Å². The summed E-state index contributed by atoms with van der Waals surface area (Å²) in [7, 11) is 0. The van der Waals surface area contributed by atoms with Crippen molar-refractivity contribution in [3.8, 4) is 0 Å². The molecule has 2 heterocycles. The molecule has 1 aliphatic heterocycles. The fourth-order valence-corrected chi connectivity index (χ4v) is 3.04. The van der Waals surface area contributed by atoms with E-state index < -0.39 is 0 Å². The van der Waals surface area contributed by atoms with Crippen molar-refractivity contribution >= 4 is 50.6 Å². The first-order valence-corrected chi connectivity index (χ1v) is 7.66. The van der Waals surface area contributed by atoms with Crippen LogP contribution in [0.25, 0.3) is 0 Å². The number of rotatable bonds is 3. The van der Waals surface area contributed by atoms with Crippen molar-refractivity contribution in [1.29, 1.82) is 0 Å². The zero-order valence-corrected chi connectivity index (χ0v) is 13.8. The fourth-order valence-electron chi connectivity index (χ4n) is 2.14. The molecule has 0 bridgehead atoms. The van der Waals surface area contributed by atoms with Crippen LogP contribution in [0.1, 0.15) is 6.92 Å². The van der Waals surface area contributed by atoms with Crippen molar-refractivity contribution in [1.82, 2.24) is 9.88 Å². The van der Waals surface area contributed by atoms with Crippen LogP contribution in [-0.4, -0.2) is 47.1 Å². The molecule has 7 heteroatoms. The van der Waals surface area contributed by atoms with Gasteiger partial charge in [-0.15, -0.1) is 0 Å². The van der Waals surface area contributed by atoms with Crippen LogP contribution < -0.4 is 10.6 Å². The van der Waals surface area contributed by atoms with Crippen LogP contribution in [0.5, 0.6) is 0 Å². The summed E-state index contributed by atoms with van der Waals surface area (Å²) in [6, 6.07) is 2.01. The van der Waals surface area contributed by atoms with Crippen molar-refractivity contribution < 1.29 is 0 Å². The Kier molecular flexibility index (Phi) is 5.00. The first-order valence-electron chi connectivity index (χ1n) is 6.08. The Morgan fingerprint density at radius 1 is 1.47 bits per heavy atom. The highest BCUT2D eigenvalue weighted by molar-refractivity contribution is 9.10. The molecule has 0 aliphatic carbocycles. The van der Waals surface area contributed by atoms with E-state index >= 15 is 0 Å². The Morgan fingerprint density at radius 2 is 2.11 bits per heavy atom. The average molecular weight is 364 g/mol. The fraction of sp³-hybridized carbons (Fsp3) is 0.500. The van der Waals surface area contributed by atoms with Crippen molar-refractivity contribution in [3.05, 3.63) is 21.8 Å². The monoisotopic (exact) mass is 362 g/mol. The Bertz CT molecular complexity index is 477. The molecule has 1 aromatic heterocycles. The molecule has 0 amide bonds. The van der Waals surface area contributed by atoms with Crippen molar-refractivity contribution in [3.63, 3.8) is 0 Å². The number of halogens is 2. The highest BCUT2D eigenvalue weighted by Gasteiger charge is 2.24. The number of anilines is 1. The quantitative estimate of drug-likeness (QED) is 0.835. The number of hydrogen-bond donors (Lipinski definition) is 1. The van der Waals surface area contributed by atoms with Crippen LogP contribution in [0.3, 0.4) is 0 Å². The third-order valence-corrected chi connectivity index (χ3v) is 4.41. The predicted octanol–water partition coefficient (Wildman–Crippen LogP) is 2.29. The van der Waals surface area contributed by atoms with E-state index in [9.17, 15) is 0 Å². The van der Waals surface area contributed by atoms with Gasteiger partial charge in [-0.2, -0.15) is 0 Å². The molecular weight excluding hydrogens is 348 g/mol. The summed E-state index contributed by atoms with van der Waals surface area (Å²) >= 11 is 14.6. The molecule has 1 aromatic rings. The van der Waals surface area contributed by atoms with Gasteiger partial charge in [-0.1, -0.05) is 23.8 Å². The average Bonchev–Trinajstić information content (AvgIpc) is 2.38. The van der Waals surface area contributed by atoms with Gasteiger partial charge in [0.15, 0.2) is 0 Å². The van der Waals surface area contributed by atoms with E-state index in [4.69, 9.17) is 29.6 Å². The first-order chi connectivity index (χ1) is 8.99. The summed E-state index contributed by atoms with van der Waals surface area (Å²) in [6.07, 6.45) is 1.77. The third kappa shape index (κ3) is 3.56. The van der Waals surface area contributed by atoms with E-state index in [-0.39, 0.29) is 6.04 Å². The minimum absolute atomic E-state index is 0.144. The van der Waals surface area contributed by atoms with Gasteiger partial charge in [0, 0.05) is 36.8 Å². The van der Waals surface area contributed by atoms with Crippen molar-refractivity contribution in [2.75, 3.05) is 31.1 Å². The van der Waals surface area contributed by atoms with Gasteiger partial charge >= 0.3 is 0 Å². The number of nitrogens with two attached hydrogens (primary N) is 1. The van der Waals surface area contributed by atoms with E-state index in [0.717, 1.165) is 36.5 Å². The van der Waals surface area contributed by atoms with Crippen molar-refractivity contribution in [2.24, 2.45) is 5.73 Å². The minimum Gasteiger partial charge on any atom is -0.392 e. The maximum absolute atomic E-state index is 6.22. The van der Waals surface area contributed by atoms with Crippen LogP contribution in [0, 0.1) is 0 Å². The number of hydrogen-bond acceptors (Lipinski definition) is 4. The normalized spacial score (nSPS) is 18.4. The third-order valence-electron chi connectivity index (χ3n) is 3.36. The molecule has 0 saturated carbocycles. The maximum Gasteiger partial charge on any atom is 0.147 e. The molecule has 1 unspecified atom stereocenters. The zero-order chi connectivity index (χ0) is 14.0. The largest absolute Gasteiger partial charge is 0.392 e. The van der Waals surface area contributed by atoms with Crippen molar-refractivity contribution in [2.45, 2.75) is 13.0 Å². The summed E-state index contributed by atoms with van der Waals surface area (Å²) in [5.41, 5.74) is 5.69. The number of pyridine rings is 1. The second-order valence-electron chi connectivity index (χ2n) is 4.56. The van der Waals surface area contributed by atoms with Gasteiger partial charge in [0.05, 0.1) is 16.1 Å². The first kappa shape index (κ1) is 15.0. The molecule has 1 atom stereocenters. The van der Waals surface area contributed by atoms with E-state index in [0.29, 0.717) is 10.0 Å². The molecule has 1 fully saturated rings. The molecule has 104 valence electrons. The summed E-state index contributed by atoms with van der Waals surface area (Å²) < 4.78 is 0.891. The van der Waals surface area contributed by atoms with Crippen LogP contribution in [0.15, 0.2) is 16.7 Å². The van der Waals surface area contributed by atoms with E-state index in [1.54, 1.807) is 6.20 Å². The molecular formula is C12H16BrClN4S. The predicted molar refractivity (Wildman–Crippen MR) is 87.0 cm³/mol. The number of nitrogens with zero attached hydrogens (tertiary/aromatic N) is 3. The van der Waals surface area contributed by atoms with Gasteiger partial charge in [-0.3, -0.25) is 4.90 Å². The van der Waals surface area contributed by atoms with Crippen LogP contribution in [-0.2, 0) is 0 Å². The van der Waals surface area contributed by atoms with Crippen LogP contribution in [0.2, 0.25) is 5.02 Å². The lowest BCUT2D eigenvalue weighted by Gasteiger charge is -2.38. The van der Waals surface area contributed by atoms with Gasteiger partial charge in [-0.05, 0) is 28.9 Å². The molecule has 1 aliphatic rings. The minimum atomic E-state index is 0.144. The van der Waals surface area contributed by atoms with Gasteiger partial charge < -0.3 is 10.6 Å². The molecule has 0 aromatic carbocycles. The molecule has 0 spiro atoms. The van der Waals surface area contributed by atoms with E-state index in [1.807, 2.05) is 13.0 Å². The molecule has 2 rings (SSSR count). The summed E-state index contributed by atoms with van der Waals surface area (Å²) in [5, 5.41) is 0.671. The molecule has 1 saturated heterocycles. The lowest BCUT2D eigenvalue weighted by atomic mass is 10.2. The lowest BCUT2D eigenvalue weighted by molar-refractivity contribution is 0.239. The van der Waals surface area contributed by atoms with E-state index in [2.05, 4.69) is 30.7 Å². The van der Waals surface area contributed by atoms with Crippen LogP contribution in [0.4, 0.5) is 5.82 Å². The summed E-state index contributed by atoms with van der Waals surface area (Å²) in [6.45, 7) is 5.62. The van der Waals surface area contributed by atoms with Gasteiger partial charge in [0.25, 0.3) is 0 Å². The molecule has 4 nitrogen and oxygen atoms in total. The lowest BCUT2D eigenvalue weighted by Crippen LogP contribution is -2.53.